The van der Waals surface area contributed by atoms with E-state index in [4.69, 9.17) is 9.47 Å². The summed E-state index contributed by atoms with van der Waals surface area (Å²) in [7, 11) is 0. The minimum atomic E-state index is -1.30. The lowest BCUT2D eigenvalue weighted by Gasteiger charge is -2.25. The Hall–Kier alpha value is -3.44. The maximum absolute atomic E-state index is 12.6. The molecule has 0 saturated heterocycles. The molecule has 0 saturated carbocycles. The third-order valence-electron chi connectivity index (χ3n) is 5.11. The van der Waals surface area contributed by atoms with Crippen molar-refractivity contribution >= 4 is 23.3 Å². The zero-order valence-corrected chi connectivity index (χ0v) is 20.0. The number of nitro groups is 2. The summed E-state index contributed by atoms with van der Waals surface area (Å²) in [4.78, 5) is 47.5. The molecule has 12 heteroatoms. The first kappa shape index (κ1) is 28.6. The highest BCUT2D eigenvalue weighted by Gasteiger charge is 2.40. The number of ether oxygens (including phenoxy) is 2. The van der Waals surface area contributed by atoms with Crippen LogP contribution >= 0.6 is 0 Å². The lowest BCUT2D eigenvalue weighted by atomic mass is 10.0. The van der Waals surface area contributed by atoms with Crippen LogP contribution in [-0.4, -0.2) is 59.2 Å². The normalized spacial score (nSPS) is 14.2. The van der Waals surface area contributed by atoms with Crippen molar-refractivity contribution in [2.75, 3.05) is 23.8 Å². The second kappa shape index (κ2) is 14.7. The fourth-order valence-electron chi connectivity index (χ4n) is 3.54. The molecule has 0 fully saturated rings. The predicted octanol–water partition coefficient (Wildman–Crippen LogP) is 3.26. The van der Waals surface area contributed by atoms with Crippen LogP contribution in [0.5, 0.6) is 0 Å². The summed E-state index contributed by atoms with van der Waals surface area (Å²) in [6, 6.07) is 1.25. The molecular weight excluding hydrogens is 448 g/mol. The summed E-state index contributed by atoms with van der Waals surface area (Å²) >= 11 is 0. The van der Waals surface area contributed by atoms with Crippen molar-refractivity contribution in [2.45, 2.75) is 77.5 Å². The molecule has 12 nitrogen and oxygen atoms in total. The van der Waals surface area contributed by atoms with Gasteiger partial charge in [-0.3, -0.25) is 20.2 Å². The number of nitrogens with zero attached hydrogens (tertiary/aromatic N) is 2. The van der Waals surface area contributed by atoms with Crippen molar-refractivity contribution in [1.29, 1.82) is 0 Å². The monoisotopic (exact) mass is 482 g/mol. The average molecular weight is 483 g/mol. The molecule has 4 unspecified atom stereocenters. The van der Waals surface area contributed by atoms with Crippen molar-refractivity contribution in [3.8, 4) is 0 Å². The van der Waals surface area contributed by atoms with Crippen LogP contribution in [0.4, 0.5) is 11.4 Å². The van der Waals surface area contributed by atoms with Gasteiger partial charge in [-0.2, -0.15) is 0 Å². The largest absolute Gasteiger partial charge is 0.464 e. The molecule has 1 aromatic rings. The molecule has 0 amide bonds. The van der Waals surface area contributed by atoms with E-state index < -0.39 is 46.0 Å². The Labute approximate surface area is 198 Å². The van der Waals surface area contributed by atoms with Gasteiger partial charge in [0, 0.05) is 22.7 Å². The first-order chi connectivity index (χ1) is 16.2. The Bertz CT molecular complexity index is 768. The van der Waals surface area contributed by atoms with E-state index in [9.17, 15) is 29.8 Å². The Kier molecular flexibility index (Phi) is 12.3. The highest BCUT2D eigenvalue weighted by atomic mass is 16.6. The zero-order valence-electron chi connectivity index (χ0n) is 20.0. The quantitative estimate of drug-likeness (QED) is 0.203. The van der Waals surface area contributed by atoms with Crippen LogP contribution in [0.15, 0.2) is 24.3 Å². The van der Waals surface area contributed by atoms with Crippen LogP contribution in [0.1, 0.15) is 53.4 Å². The summed E-state index contributed by atoms with van der Waals surface area (Å²) in [5, 5.41) is 29.1. The second-order valence-electron chi connectivity index (χ2n) is 7.58. The van der Waals surface area contributed by atoms with Crippen LogP contribution in [0.25, 0.3) is 0 Å². The average Bonchev–Trinajstić information content (AvgIpc) is 2.79. The number of hydrogen-bond donors (Lipinski definition) is 2. The topological polar surface area (TPSA) is 163 Å². The Morgan fingerprint density at radius 3 is 1.41 bits per heavy atom. The van der Waals surface area contributed by atoms with Crippen LogP contribution in [0.3, 0.4) is 0 Å². The van der Waals surface area contributed by atoms with E-state index in [0.29, 0.717) is 12.8 Å². The molecule has 0 aliphatic heterocycles. The van der Waals surface area contributed by atoms with Gasteiger partial charge in [0.05, 0.1) is 24.6 Å². The van der Waals surface area contributed by atoms with Crippen molar-refractivity contribution in [3.63, 3.8) is 0 Å². The molecule has 1 aromatic carbocycles. The number of esters is 2. The summed E-state index contributed by atoms with van der Waals surface area (Å²) in [5.41, 5.74) is 0.521. The molecule has 0 radical (unpaired) electrons. The van der Waals surface area contributed by atoms with Gasteiger partial charge in [-0.1, -0.05) is 26.0 Å². The number of nitrogens with one attached hydrogen (secondary N) is 2. The molecule has 0 heterocycles. The van der Waals surface area contributed by atoms with E-state index in [1.165, 1.54) is 0 Å². The number of para-hydroxylation sites is 2. The molecule has 0 spiro atoms. The molecule has 0 aliphatic carbocycles. The third-order valence-corrected chi connectivity index (χ3v) is 5.11. The number of hydrogen-bond acceptors (Lipinski definition) is 10. The van der Waals surface area contributed by atoms with Gasteiger partial charge in [-0.15, -0.1) is 0 Å². The molecule has 4 atom stereocenters. The van der Waals surface area contributed by atoms with Gasteiger partial charge in [0.2, 0.25) is 12.1 Å². The summed E-state index contributed by atoms with van der Waals surface area (Å²) in [6.45, 7) is 6.81. The zero-order chi connectivity index (χ0) is 25.7. The van der Waals surface area contributed by atoms with Gasteiger partial charge >= 0.3 is 11.9 Å². The van der Waals surface area contributed by atoms with E-state index in [2.05, 4.69) is 10.6 Å². The summed E-state index contributed by atoms with van der Waals surface area (Å²) in [5.74, 6) is -1.58. The predicted molar refractivity (Wildman–Crippen MR) is 126 cm³/mol. The number of benzene rings is 1. The smallest absolute Gasteiger partial charge is 0.335 e. The maximum Gasteiger partial charge on any atom is 0.335 e. The lowest BCUT2D eigenvalue weighted by Crippen LogP contribution is -2.47. The Morgan fingerprint density at radius 1 is 0.794 bits per heavy atom. The molecule has 2 N–H and O–H groups in total. The van der Waals surface area contributed by atoms with Crippen LogP contribution < -0.4 is 10.6 Å². The van der Waals surface area contributed by atoms with Crippen LogP contribution in [0.2, 0.25) is 0 Å². The van der Waals surface area contributed by atoms with Crippen molar-refractivity contribution in [3.05, 3.63) is 44.5 Å². The molecule has 0 aromatic heterocycles. The molecule has 34 heavy (non-hydrogen) atoms. The maximum atomic E-state index is 12.6. The number of carbonyl (C=O) groups excluding carboxylic acids is 2. The SMILES string of the molecule is CCCC(C(Nc1ccccc1NC(C(=O)OCC)C(CCC)[N+](=O)[O-])C(=O)OCC)[N+](=O)[O-]. The van der Waals surface area contributed by atoms with Crippen molar-refractivity contribution in [2.24, 2.45) is 0 Å². The standard InChI is InChI=1S/C22H34N4O8/c1-5-11-17(25(29)30)19(21(27)33-7-3)23-15-13-9-10-14-16(15)24-20(22(28)34-8-4)18(12-6-2)26(31)32/h9-10,13-14,17-20,23-24H,5-8,11-12H2,1-4H3. The molecule has 0 aliphatic rings. The van der Waals surface area contributed by atoms with E-state index in [-0.39, 0.29) is 37.4 Å². The van der Waals surface area contributed by atoms with Gasteiger partial charge in [-0.25, -0.2) is 9.59 Å². The minimum absolute atomic E-state index is 0.0416. The first-order valence-corrected chi connectivity index (χ1v) is 11.4. The van der Waals surface area contributed by atoms with Crippen molar-refractivity contribution < 1.29 is 28.9 Å². The second-order valence-corrected chi connectivity index (χ2v) is 7.58. The van der Waals surface area contributed by atoms with Gasteiger partial charge < -0.3 is 20.1 Å². The van der Waals surface area contributed by atoms with Crippen LogP contribution in [-0.2, 0) is 19.1 Å². The number of rotatable bonds is 16. The number of anilines is 2. The lowest BCUT2D eigenvalue weighted by molar-refractivity contribution is -0.524. The highest BCUT2D eigenvalue weighted by Crippen LogP contribution is 2.26. The van der Waals surface area contributed by atoms with Crippen LogP contribution in [0, 0.1) is 20.2 Å². The Morgan fingerprint density at radius 2 is 1.15 bits per heavy atom. The van der Waals surface area contributed by atoms with Crippen molar-refractivity contribution in [1.82, 2.24) is 0 Å². The molecule has 1 rings (SSSR count). The van der Waals surface area contributed by atoms with E-state index in [1.807, 2.05) is 0 Å². The molecule has 190 valence electrons. The van der Waals surface area contributed by atoms with Gasteiger partial charge in [-0.05, 0) is 38.8 Å². The molecular formula is C22H34N4O8. The minimum Gasteiger partial charge on any atom is -0.464 e. The highest BCUT2D eigenvalue weighted by molar-refractivity contribution is 5.85. The fraction of sp³-hybridized carbons (Fsp3) is 0.636. The number of carbonyl (C=O) groups is 2. The third kappa shape index (κ3) is 8.16. The summed E-state index contributed by atoms with van der Waals surface area (Å²) in [6.07, 6.45) is 1.19. The van der Waals surface area contributed by atoms with E-state index in [1.54, 1.807) is 52.0 Å². The molecule has 0 bridgehead atoms. The summed E-state index contributed by atoms with van der Waals surface area (Å²) < 4.78 is 10.1. The first-order valence-electron chi connectivity index (χ1n) is 11.4. The van der Waals surface area contributed by atoms with E-state index in [0.717, 1.165) is 0 Å². The fourth-order valence-corrected chi connectivity index (χ4v) is 3.54. The Balaban J connectivity index is 3.39. The van der Waals surface area contributed by atoms with E-state index >= 15 is 0 Å². The van der Waals surface area contributed by atoms with Gasteiger partial charge in [0.25, 0.3) is 0 Å². The van der Waals surface area contributed by atoms with Gasteiger partial charge in [0.15, 0.2) is 12.1 Å². The van der Waals surface area contributed by atoms with Gasteiger partial charge in [0.1, 0.15) is 0 Å².